The molecule has 0 saturated carbocycles. The summed E-state index contributed by atoms with van der Waals surface area (Å²) in [7, 11) is -3.51. The molecule has 6 nitrogen and oxygen atoms in total. The van der Waals surface area contributed by atoms with E-state index >= 15 is 0 Å². The van der Waals surface area contributed by atoms with Gasteiger partial charge in [-0.25, -0.2) is 13.4 Å². The molecule has 0 amide bonds. The number of nitrogens with zero attached hydrogens (tertiary/aromatic N) is 2. The molecule has 1 aromatic rings. The van der Waals surface area contributed by atoms with Crippen molar-refractivity contribution in [2.75, 3.05) is 26.2 Å². The highest BCUT2D eigenvalue weighted by molar-refractivity contribution is 9.11. The summed E-state index contributed by atoms with van der Waals surface area (Å²) in [5.74, 6) is 1.11. The third kappa shape index (κ3) is 4.39. The van der Waals surface area contributed by atoms with E-state index < -0.39 is 21.2 Å². The lowest BCUT2D eigenvalue weighted by Gasteiger charge is -2.35. The average Bonchev–Trinajstić information content (AvgIpc) is 3.23. The summed E-state index contributed by atoms with van der Waals surface area (Å²) in [6.45, 7) is 5.87. The predicted octanol–water partition coefficient (Wildman–Crippen LogP) is 3.69. The smallest absolute Gasteiger partial charge is 0.205 e. The molecular weight excluding hydrogens is 456 g/mol. The molecule has 1 saturated heterocycles. The number of aromatic nitrogens is 1. The van der Waals surface area contributed by atoms with Gasteiger partial charge in [0.15, 0.2) is 10.8 Å². The number of ether oxygens (including phenoxy) is 2. The molecule has 158 valence electrons. The molecule has 1 fully saturated rings. The van der Waals surface area contributed by atoms with Crippen LogP contribution in [0.1, 0.15) is 32.6 Å². The van der Waals surface area contributed by atoms with Gasteiger partial charge >= 0.3 is 0 Å². The van der Waals surface area contributed by atoms with Gasteiger partial charge in [-0.1, -0.05) is 6.08 Å². The lowest BCUT2D eigenvalue weighted by Crippen LogP contribution is -2.45. The van der Waals surface area contributed by atoms with Crippen molar-refractivity contribution in [1.29, 1.82) is 0 Å². The molecule has 3 aliphatic rings. The maximum Gasteiger partial charge on any atom is 0.205 e. The van der Waals surface area contributed by atoms with Gasteiger partial charge in [0.25, 0.3) is 0 Å². The molecule has 0 radical (unpaired) electrons. The van der Waals surface area contributed by atoms with Crippen LogP contribution in [-0.4, -0.2) is 55.9 Å². The summed E-state index contributed by atoms with van der Waals surface area (Å²) in [6, 6.07) is 3.37. The highest BCUT2D eigenvalue weighted by Crippen LogP contribution is 2.39. The molecule has 4 rings (SSSR count). The number of halogens is 1. The molecule has 1 aromatic heterocycles. The number of hydrogen-bond acceptors (Lipinski definition) is 6. The summed E-state index contributed by atoms with van der Waals surface area (Å²) in [5, 5.41) is -0.622. The summed E-state index contributed by atoms with van der Waals surface area (Å²) < 4.78 is 38.6. The SMILES string of the molecule is C[C@H]1[C@H](C2C=C(Br)C(OCCCN3CCCC3)=CC2)Oc2cccnc2S1(=O)=O. The van der Waals surface area contributed by atoms with Gasteiger partial charge in [-0.3, -0.25) is 0 Å². The van der Waals surface area contributed by atoms with Crippen molar-refractivity contribution in [2.45, 2.75) is 49.0 Å². The lowest BCUT2D eigenvalue weighted by molar-refractivity contribution is 0.138. The Labute approximate surface area is 181 Å². The Balaban J connectivity index is 1.37. The Kier molecular flexibility index (Phi) is 6.32. The number of allylic oxidation sites excluding steroid dienone is 2. The third-order valence-corrected chi connectivity index (χ3v) is 8.64. The van der Waals surface area contributed by atoms with Gasteiger partial charge in [0.1, 0.15) is 17.1 Å². The molecule has 3 atom stereocenters. The summed E-state index contributed by atoms with van der Waals surface area (Å²) >= 11 is 3.60. The Morgan fingerprint density at radius 3 is 2.90 bits per heavy atom. The van der Waals surface area contributed by atoms with Gasteiger partial charge < -0.3 is 14.4 Å². The van der Waals surface area contributed by atoms with E-state index in [9.17, 15) is 8.42 Å². The van der Waals surface area contributed by atoms with E-state index in [1.54, 1.807) is 19.1 Å². The Bertz CT molecular complexity index is 909. The standard InChI is InChI=1S/C21H27BrN2O4S/c1-15-20(28-19-6-4-9-23-21(19)29(15,25)26)16-7-8-18(17(22)14-16)27-13-5-12-24-10-2-3-11-24/h4,6,8-9,14-16,20H,2-3,5,7,10-13H2,1H3/t15-,16?,20+/m0/s1. The molecule has 0 spiro atoms. The van der Waals surface area contributed by atoms with Crippen LogP contribution in [0.25, 0.3) is 0 Å². The molecular formula is C21H27BrN2O4S. The normalized spacial score (nSPS) is 28.8. The molecule has 3 heterocycles. The van der Waals surface area contributed by atoms with Crippen LogP contribution in [0.4, 0.5) is 0 Å². The first-order valence-corrected chi connectivity index (χ1v) is 12.6. The molecule has 1 aliphatic carbocycles. The Hall–Kier alpha value is -1.38. The maximum atomic E-state index is 12.9. The minimum absolute atomic E-state index is 0.0418. The van der Waals surface area contributed by atoms with Crippen LogP contribution in [0.3, 0.4) is 0 Å². The Morgan fingerprint density at radius 1 is 1.34 bits per heavy atom. The number of rotatable bonds is 6. The summed E-state index contributed by atoms with van der Waals surface area (Å²) in [6.07, 6.45) is 9.37. The first-order valence-electron chi connectivity index (χ1n) is 10.3. The molecule has 2 aliphatic heterocycles. The van der Waals surface area contributed by atoms with Crippen molar-refractivity contribution in [3.63, 3.8) is 0 Å². The van der Waals surface area contributed by atoms with E-state index in [0.717, 1.165) is 23.2 Å². The van der Waals surface area contributed by atoms with Crippen molar-refractivity contribution in [3.05, 3.63) is 40.7 Å². The zero-order valence-corrected chi connectivity index (χ0v) is 19.0. The molecule has 0 N–H and O–H groups in total. The average molecular weight is 483 g/mol. The molecule has 8 heteroatoms. The highest BCUT2D eigenvalue weighted by atomic mass is 79.9. The fourth-order valence-electron chi connectivity index (χ4n) is 4.22. The molecule has 1 unspecified atom stereocenters. The second-order valence-electron chi connectivity index (χ2n) is 7.87. The third-order valence-electron chi connectivity index (χ3n) is 5.89. The van der Waals surface area contributed by atoms with Crippen molar-refractivity contribution in [3.8, 4) is 5.75 Å². The van der Waals surface area contributed by atoms with E-state index in [2.05, 4.69) is 25.8 Å². The zero-order chi connectivity index (χ0) is 20.4. The first-order chi connectivity index (χ1) is 14.0. The largest absolute Gasteiger partial charge is 0.493 e. The number of hydrogen-bond donors (Lipinski definition) is 0. The van der Waals surface area contributed by atoms with E-state index in [-0.39, 0.29) is 10.9 Å². The van der Waals surface area contributed by atoms with Crippen LogP contribution < -0.4 is 4.74 Å². The van der Waals surface area contributed by atoms with Gasteiger partial charge in [0.05, 0.1) is 11.1 Å². The van der Waals surface area contributed by atoms with E-state index in [4.69, 9.17) is 9.47 Å². The summed E-state index contributed by atoms with van der Waals surface area (Å²) in [4.78, 5) is 6.51. The Morgan fingerprint density at radius 2 is 2.14 bits per heavy atom. The van der Waals surface area contributed by atoms with E-state index in [0.29, 0.717) is 18.8 Å². The maximum absolute atomic E-state index is 12.9. The van der Waals surface area contributed by atoms with Crippen molar-refractivity contribution >= 4 is 25.8 Å². The highest BCUT2D eigenvalue weighted by Gasteiger charge is 2.44. The minimum atomic E-state index is -3.51. The number of likely N-dealkylation sites (tertiary alicyclic amines) is 1. The van der Waals surface area contributed by atoms with Crippen LogP contribution in [0.5, 0.6) is 5.75 Å². The van der Waals surface area contributed by atoms with Crippen LogP contribution in [-0.2, 0) is 14.6 Å². The fraction of sp³-hybridized carbons (Fsp3) is 0.571. The van der Waals surface area contributed by atoms with Crippen LogP contribution >= 0.6 is 15.9 Å². The quantitative estimate of drug-likeness (QED) is 0.575. The number of sulfone groups is 1. The zero-order valence-electron chi connectivity index (χ0n) is 16.6. The fourth-order valence-corrected chi connectivity index (χ4v) is 6.41. The second-order valence-corrected chi connectivity index (χ2v) is 10.9. The number of pyridine rings is 1. The van der Waals surface area contributed by atoms with Gasteiger partial charge in [0.2, 0.25) is 9.84 Å². The molecule has 0 bridgehead atoms. The van der Waals surface area contributed by atoms with E-state index in [1.165, 1.54) is 32.1 Å². The predicted molar refractivity (Wildman–Crippen MR) is 115 cm³/mol. The van der Waals surface area contributed by atoms with Gasteiger partial charge in [0, 0.05) is 18.7 Å². The molecule has 0 aromatic carbocycles. The van der Waals surface area contributed by atoms with Crippen LogP contribution in [0.2, 0.25) is 0 Å². The van der Waals surface area contributed by atoms with Crippen molar-refractivity contribution in [2.24, 2.45) is 5.92 Å². The lowest BCUT2D eigenvalue weighted by atomic mass is 9.92. The van der Waals surface area contributed by atoms with Gasteiger partial charge in [-0.15, -0.1) is 0 Å². The van der Waals surface area contributed by atoms with Crippen LogP contribution in [0, 0.1) is 5.92 Å². The second kappa shape index (κ2) is 8.78. The first kappa shape index (κ1) is 20.9. The topological polar surface area (TPSA) is 68.7 Å². The minimum Gasteiger partial charge on any atom is -0.493 e. The van der Waals surface area contributed by atoms with Gasteiger partial charge in [-0.2, -0.15) is 0 Å². The van der Waals surface area contributed by atoms with Crippen LogP contribution in [0.15, 0.2) is 45.7 Å². The molecule has 29 heavy (non-hydrogen) atoms. The monoisotopic (exact) mass is 482 g/mol. The van der Waals surface area contributed by atoms with Gasteiger partial charge in [-0.05, 0) is 79.8 Å². The summed E-state index contributed by atoms with van der Waals surface area (Å²) in [5.41, 5.74) is 0. The van der Waals surface area contributed by atoms with Crippen molar-refractivity contribution < 1.29 is 17.9 Å². The number of fused-ring (bicyclic) bond motifs is 1. The van der Waals surface area contributed by atoms with E-state index in [1.807, 2.05) is 12.2 Å². The van der Waals surface area contributed by atoms with Crippen molar-refractivity contribution in [1.82, 2.24) is 9.88 Å².